The van der Waals surface area contributed by atoms with Gasteiger partial charge in [-0.3, -0.25) is 0 Å². The van der Waals surface area contributed by atoms with Gasteiger partial charge in [0, 0.05) is 0 Å². The normalized spacial score (nSPS) is 22.8. The van der Waals surface area contributed by atoms with Crippen molar-refractivity contribution in [1.29, 1.82) is 0 Å². The molecule has 1 saturated heterocycles. The van der Waals surface area contributed by atoms with Crippen molar-refractivity contribution < 1.29 is 28.7 Å². The van der Waals surface area contributed by atoms with Crippen LogP contribution in [0, 0.1) is 11.8 Å². The first-order valence-electron chi connectivity index (χ1n) is 12.1. The second-order valence-electron chi connectivity index (χ2n) is 10.8. The Kier molecular flexibility index (Phi) is 9.92. The van der Waals surface area contributed by atoms with E-state index in [0.717, 1.165) is 23.6 Å². The Morgan fingerprint density at radius 2 is 2.00 bits per heavy atom. The van der Waals surface area contributed by atoms with Crippen LogP contribution >= 0.6 is 7.94 Å². The topological polar surface area (TPSA) is 97.3 Å². The molecule has 2 atom stereocenters. The number of esters is 1. The van der Waals surface area contributed by atoms with E-state index in [0.29, 0.717) is 31.0 Å². The third kappa shape index (κ3) is 8.01. The van der Waals surface area contributed by atoms with Crippen LogP contribution in [0.3, 0.4) is 0 Å². The summed E-state index contributed by atoms with van der Waals surface area (Å²) in [5.74, 6) is 0.656. The minimum absolute atomic E-state index is 0.0111. The van der Waals surface area contributed by atoms with Gasteiger partial charge in [0.05, 0.1) is 0 Å². The second-order valence-corrected chi connectivity index (χ2v) is 18.5. The van der Waals surface area contributed by atoms with Gasteiger partial charge in [0.15, 0.2) is 0 Å². The molecule has 0 spiro atoms. The zero-order valence-electron chi connectivity index (χ0n) is 21.6. The minimum atomic E-state index is -3.85. The van der Waals surface area contributed by atoms with Crippen LogP contribution in [0.1, 0.15) is 47.5 Å². The van der Waals surface area contributed by atoms with Crippen molar-refractivity contribution in [3.05, 3.63) is 34.1 Å². The van der Waals surface area contributed by atoms with E-state index in [4.69, 9.17) is 14.1 Å². The molecule has 190 valence electrons. The molecule has 0 saturated carbocycles. The summed E-state index contributed by atoms with van der Waals surface area (Å²) in [6.45, 7) is 17.8. The monoisotopic (exact) mass is 501 g/mol. The number of hydroxylamine groups is 1. The van der Waals surface area contributed by atoms with Crippen molar-refractivity contribution >= 4 is 22.0 Å². The Morgan fingerprint density at radius 3 is 2.58 bits per heavy atom. The molecule has 1 aliphatic carbocycles. The van der Waals surface area contributed by atoms with E-state index in [9.17, 15) is 14.6 Å². The quantitative estimate of drug-likeness (QED) is 0.115. The number of fused-ring (bicyclic) bond motifs is 1. The first-order valence-corrected chi connectivity index (χ1v) is 17.8. The summed E-state index contributed by atoms with van der Waals surface area (Å²) in [7, 11) is -5.15. The molecule has 7 nitrogen and oxygen atoms in total. The number of allylic oxidation sites excluding steroid dienone is 4. The van der Waals surface area contributed by atoms with Crippen LogP contribution in [-0.2, 0) is 18.9 Å². The number of rotatable bonds is 12. The predicted octanol–water partition coefficient (Wildman–Crippen LogP) is 4.87. The maximum atomic E-state index is 12.6. The van der Waals surface area contributed by atoms with Crippen molar-refractivity contribution in [2.24, 2.45) is 11.8 Å². The molecule has 0 aromatic heterocycles. The van der Waals surface area contributed by atoms with Gasteiger partial charge in [0.1, 0.15) is 0 Å². The molecule has 1 heterocycles. The standard InChI is InChI=1S/C24H44NO6PSi/c1-9-19-18(5)21-14-30-24(26)22(21)23(29-12-13-33(6,7)8)20(19)11-10-17(4)15-32(27,28)31-25-16(2)3/h10,16,18,21,25,27-28,32H,9,11-15H2,1-8H3/b17-10+. The molecule has 0 bridgehead atoms. The van der Waals surface area contributed by atoms with E-state index in [1.807, 2.05) is 26.8 Å². The van der Waals surface area contributed by atoms with Crippen LogP contribution in [0.2, 0.25) is 25.7 Å². The van der Waals surface area contributed by atoms with Gasteiger partial charge in [0.2, 0.25) is 0 Å². The van der Waals surface area contributed by atoms with Gasteiger partial charge in [0.25, 0.3) is 0 Å². The van der Waals surface area contributed by atoms with Gasteiger partial charge >= 0.3 is 201 Å². The van der Waals surface area contributed by atoms with E-state index < -0.39 is 16.0 Å². The van der Waals surface area contributed by atoms with Gasteiger partial charge in [-0.05, 0) is 0 Å². The van der Waals surface area contributed by atoms with Crippen LogP contribution in [0.25, 0.3) is 0 Å². The Morgan fingerprint density at radius 1 is 1.33 bits per heavy atom. The summed E-state index contributed by atoms with van der Waals surface area (Å²) in [4.78, 5) is 33.2. The number of carbonyl (C=O) groups excluding carboxylic acids is 1. The number of nitrogens with one attached hydrogen (secondary N) is 1. The van der Waals surface area contributed by atoms with E-state index in [1.54, 1.807) is 0 Å². The average Bonchev–Trinajstić information content (AvgIpc) is 3.07. The van der Waals surface area contributed by atoms with Crippen molar-refractivity contribution in [3.63, 3.8) is 0 Å². The zero-order valence-corrected chi connectivity index (χ0v) is 23.6. The van der Waals surface area contributed by atoms with Crippen LogP contribution in [-0.4, -0.2) is 49.2 Å². The molecule has 2 unspecified atom stereocenters. The fourth-order valence-corrected chi connectivity index (χ4v) is 6.38. The summed E-state index contributed by atoms with van der Waals surface area (Å²) in [6.07, 6.45) is 3.49. The summed E-state index contributed by atoms with van der Waals surface area (Å²) >= 11 is 0. The van der Waals surface area contributed by atoms with Crippen LogP contribution < -0.4 is 5.48 Å². The van der Waals surface area contributed by atoms with E-state index >= 15 is 0 Å². The fraction of sp³-hybridized carbons (Fsp3) is 0.708. The molecule has 2 rings (SSSR count). The number of hydrogen-bond acceptors (Lipinski definition) is 7. The van der Waals surface area contributed by atoms with Crippen molar-refractivity contribution in [2.45, 2.75) is 79.2 Å². The first-order chi connectivity index (χ1) is 15.3. The predicted molar refractivity (Wildman–Crippen MR) is 137 cm³/mol. The Balaban J connectivity index is 2.30. The molecular formula is C24H44NO6PSi. The Labute approximate surface area is 200 Å². The molecule has 2 aliphatic rings. The third-order valence-corrected chi connectivity index (χ3v) is 9.31. The Bertz CT molecular complexity index is 812. The van der Waals surface area contributed by atoms with Gasteiger partial charge in [-0.25, -0.2) is 0 Å². The maximum absolute atomic E-state index is 12.6. The summed E-state index contributed by atoms with van der Waals surface area (Å²) in [5, 5.41) is 0. The summed E-state index contributed by atoms with van der Waals surface area (Å²) in [5.41, 5.74) is 6.46. The van der Waals surface area contributed by atoms with Gasteiger partial charge < -0.3 is 0 Å². The molecule has 1 aliphatic heterocycles. The number of cyclic esters (lactones) is 1. The molecule has 0 aromatic carbocycles. The van der Waals surface area contributed by atoms with Gasteiger partial charge in [-0.1, -0.05) is 0 Å². The zero-order chi connectivity index (χ0) is 25.0. The summed E-state index contributed by atoms with van der Waals surface area (Å²) < 4.78 is 16.9. The van der Waals surface area contributed by atoms with Crippen molar-refractivity contribution in [2.75, 3.05) is 19.4 Å². The van der Waals surface area contributed by atoms with Crippen molar-refractivity contribution in [1.82, 2.24) is 5.48 Å². The van der Waals surface area contributed by atoms with E-state index in [1.165, 1.54) is 5.57 Å². The number of hydrogen-bond donors (Lipinski definition) is 3. The molecule has 1 fully saturated rings. The van der Waals surface area contributed by atoms with Crippen LogP contribution in [0.5, 0.6) is 0 Å². The first kappa shape index (κ1) is 28.2. The molecule has 33 heavy (non-hydrogen) atoms. The Hall–Kier alpha value is -1.02. The third-order valence-electron chi connectivity index (χ3n) is 6.15. The molecule has 0 aromatic rings. The van der Waals surface area contributed by atoms with E-state index in [-0.39, 0.29) is 30.0 Å². The van der Waals surface area contributed by atoms with Crippen LogP contribution in [0.15, 0.2) is 34.1 Å². The number of carbonyl (C=O) groups is 1. The van der Waals surface area contributed by atoms with Gasteiger partial charge in [-0.2, -0.15) is 0 Å². The number of ether oxygens (including phenoxy) is 2. The molecular weight excluding hydrogens is 457 g/mol. The summed E-state index contributed by atoms with van der Waals surface area (Å²) in [6, 6.07) is 0.995. The fourth-order valence-electron chi connectivity index (χ4n) is 4.30. The van der Waals surface area contributed by atoms with Crippen molar-refractivity contribution in [3.8, 4) is 0 Å². The molecule has 9 heteroatoms. The molecule has 3 N–H and O–H groups in total. The van der Waals surface area contributed by atoms with Crippen LogP contribution in [0.4, 0.5) is 0 Å². The van der Waals surface area contributed by atoms with E-state index in [2.05, 4.69) is 39.0 Å². The molecule has 0 amide bonds. The molecule has 0 radical (unpaired) electrons. The van der Waals surface area contributed by atoms with Gasteiger partial charge in [-0.15, -0.1) is 0 Å². The second kappa shape index (κ2) is 11.6. The SMILES string of the molecule is CCC1=C(C/C=C(\C)C[PH](O)(O)ONC(C)C)C(OCC[Si](C)(C)C)=C2C(=O)OCC2C1C. The average molecular weight is 502 g/mol.